The van der Waals surface area contributed by atoms with Crippen LogP contribution in [0.4, 0.5) is 0 Å². The van der Waals surface area contributed by atoms with Crippen molar-refractivity contribution in [2.75, 3.05) is 13.2 Å². The van der Waals surface area contributed by atoms with Crippen LogP contribution in [0.1, 0.15) is 29.1 Å². The summed E-state index contributed by atoms with van der Waals surface area (Å²) in [6, 6.07) is 14.9. The largest absolute Gasteiger partial charge is 0.389 e. The standard InChI is InChI=1S/C17H20N2O3/c1-13(14-7-3-2-4-8-14)22-12-15(20)11-19-17(21)16-9-5-6-10-18-16/h2-10,13,15,20H,11-12H2,1H3,(H,19,21). The molecule has 5 nitrogen and oxygen atoms in total. The topological polar surface area (TPSA) is 71.5 Å². The first-order valence-electron chi connectivity index (χ1n) is 7.20. The summed E-state index contributed by atoms with van der Waals surface area (Å²) >= 11 is 0. The van der Waals surface area contributed by atoms with Gasteiger partial charge >= 0.3 is 0 Å². The van der Waals surface area contributed by atoms with Gasteiger partial charge in [0.05, 0.1) is 18.8 Å². The van der Waals surface area contributed by atoms with E-state index in [-0.39, 0.29) is 25.2 Å². The molecule has 0 radical (unpaired) electrons. The Labute approximate surface area is 130 Å². The number of nitrogens with zero attached hydrogens (tertiary/aromatic N) is 1. The fraction of sp³-hybridized carbons (Fsp3) is 0.294. The van der Waals surface area contributed by atoms with Crippen molar-refractivity contribution in [3.8, 4) is 0 Å². The van der Waals surface area contributed by atoms with Gasteiger partial charge in [0.1, 0.15) is 5.69 Å². The second kappa shape index (κ2) is 8.26. The van der Waals surface area contributed by atoms with E-state index in [0.717, 1.165) is 5.56 Å². The van der Waals surface area contributed by atoms with Gasteiger partial charge in [-0.1, -0.05) is 36.4 Å². The number of rotatable bonds is 7. The number of aliphatic hydroxyl groups is 1. The van der Waals surface area contributed by atoms with Crippen LogP contribution >= 0.6 is 0 Å². The summed E-state index contributed by atoms with van der Waals surface area (Å²) in [5, 5.41) is 12.5. The maximum Gasteiger partial charge on any atom is 0.269 e. The Hall–Kier alpha value is -2.24. The summed E-state index contributed by atoms with van der Waals surface area (Å²) in [4.78, 5) is 15.7. The molecule has 1 amide bonds. The Morgan fingerprint density at radius 3 is 2.64 bits per heavy atom. The van der Waals surface area contributed by atoms with Crippen LogP contribution in [0.3, 0.4) is 0 Å². The third-order valence-corrected chi connectivity index (χ3v) is 3.20. The fourth-order valence-electron chi connectivity index (χ4n) is 1.93. The molecule has 1 heterocycles. The summed E-state index contributed by atoms with van der Waals surface area (Å²) in [5.74, 6) is -0.309. The van der Waals surface area contributed by atoms with Crippen LogP contribution < -0.4 is 5.32 Å². The van der Waals surface area contributed by atoms with Crippen LogP contribution in [0.2, 0.25) is 0 Å². The van der Waals surface area contributed by atoms with Crippen molar-refractivity contribution in [3.05, 3.63) is 66.0 Å². The monoisotopic (exact) mass is 300 g/mol. The minimum Gasteiger partial charge on any atom is -0.389 e. The van der Waals surface area contributed by atoms with Crippen molar-refractivity contribution in [2.24, 2.45) is 0 Å². The van der Waals surface area contributed by atoms with E-state index in [1.807, 2.05) is 37.3 Å². The SMILES string of the molecule is CC(OCC(O)CNC(=O)c1ccccn1)c1ccccc1. The van der Waals surface area contributed by atoms with Crippen molar-refractivity contribution in [1.82, 2.24) is 10.3 Å². The second-order valence-corrected chi connectivity index (χ2v) is 4.97. The Bertz CT molecular complexity index is 575. The zero-order valence-corrected chi connectivity index (χ0v) is 12.5. The van der Waals surface area contributed by atoms with Gasteiger partial charge < -0.3 is 15.2 Å². The predicted octanol–water partition coefficient (Wildman–Crippen LogP) is 1.95. The van der Waals surface area contributed by atoms with Crippen LogP contribution in [0.25, 0.3) is 0 Å². The number of hydrogen-bond donors (Lipinski definition) is 2. The molecule has 0 bridgehead atoms. The summed E-state index contributed by atoms with van der Waals surface area (Å²) in [6.07, 6.45) is 0.678. The smallest absolute Gasteiger partial charge is 0.269 e. The van der Waals surface area contributed by atoms with E-state index in [0.29, 0.717) is 5.69 Å². The number of hydrogen-bond acceptors (Lipinski definition) is 4. The maximum atomic E-state index is 11.8. The zero-order chi connectivity index (χ0) is 15.8. The molecule has 2 atom stereocenters. The van der Waals surface area contributed by atoms with E-state index in [9.17, 15) is 9.90 Å². The van der Waals surface area contributed by atoms with Crippen molar-refractivity contribution in [3.63, 3.8) is 0 Å². The van der Waals surface area contributed by atoms with Crippen LogP contribution in [0.5, 0.6) is 0 Å². The number of carbonyl (C=O) groups is 1. The third-order valence-electron chi connectivity index (χ3n) is 3.20. The maximum absolute atomic E-state index is 11.8. The number of nitrogens with one attached hydrogen (secondary N) is 1. The van der Waals surface area contributed by atoms with E-state index in [2.05, 4.69) is 10.3 Å². The molecule has 0 saturated carbocycles. The Morgan fingerprint density at radius 2 is 1.95 bits per heavy atom. The van der Waals surface area contributed by atoms with Crippen molar-refractivity contribution >= 4 is 5.91 Å². The van der Waals surface area contributed by atoms with Crippen LogP contribution in [-0.4, -0.2) is 35.3 Å². The van der Waals surface area contributed by atoms with Gasteiger partial charge in [0.2, 0.25) is 0 Å². The van der Waals surface area contributed by atoms with Gasteiger partial charge in [-0.15, -0.1) is 0 Å². The van der Waals surface area contributed by atoms with Gasteiger partial charge in [0.25, 0.3) is 5.91 Å². The molecule has 0 aliphatic rings. The highest BCUT2D eigenvalue weighted by Crippen LogP contribution is 2.15. The molecule has 2 aromatic rings. The van der Waals surface area contributed by atoms with Crippen LogP contribution in [-0.2, 0) is 4.74 Å². The zero-order valence-electron chi connectivity index (χ0n) is 12.5. The van der Waals surface area contributed by atoms with Gasteiger partial charge in [-0.2, -0.15) is 0 Å². The first-order chi connectivity index (χ1) is 10.7. The van der Waals surface area contributed by atoms with E-state index >= 15 is 0 Å². The number of aromatic nitrogens is 1. The molecule has 22 heavy (non-hydrogen) atoms. The first-order valence-corrected chi connectivity index (χ1v) is 7.20. The van der Waals surface area contributed by atoms with Gasteiger partial charge in [0.15, 0.2) is 0 Å². The molecular formula is C17H20N2O3. The highest BCUT2D eigenvalue weighted by molar-refractivity contribution is 5.92. The average molecular weight is 300 g/mol. The molecule has 0 aliphatic carbocycles. The van der Waals surface area contributed by atoms with E-state index in [1.54, 1.807) is 24.4 Å². The molecule has 0 saturated heterocycles. The first kappa shape index (κ1) is 16.1. The lowest BCUT2D eigenvalue weighted by Crippen LogP contribution is -2.35. The molecule has 2 unspecified atom stereocenters. The fourth-order valence-corrected chi connectivity index (χ4v) is 1.93. The number of amides is 1. The van der Waals surface area contributed by atoms with Crippen LogP contribution in [0.15, 0.2) is 54.7 Å². The van der Waals surface area contributed by atoms with Gasteiger partial charge in [-0.25, -0.2) is 0 Å². The predicted molar refractivity (Wildman–Crippen MR) is 83.4 cm³/mol. The van der Waals surface area contributed by atoms with Gasteiger partial charge in [-0.3, -0.25) is 9.78 Å². The summed E-state index contributed by atoms with van der Waals surface area (Å²) in [5.41, 5.74) is 1.38. The Kier molecular flexibility index (Phi) is 6.06. The van der Waals surface area contributed by atoms with Crippen molar-refractivity contribution in [2.45, 2.75) is 19.1 Å². The lowest BCUT2D eigenvalue weighted by molar-refractivity contribution is -0.00173. The third kappa shape index (κ3) is 4.95. The number of carbonyl (C=O) groups excluding carboxylic acids is 1. The highest BCUT2D eigenvalue weighted by Gasteiger charge is 2.12. The average Bonchev–Trinajstić information content (AvgIpc) is 2.59. The molecule has 1 aromatic heterocycles. The number of pyridine rings is 1. The lowest BCUT2D eigenvalue weighted by Gasteiger charge is -2.17. The summed E-state index contributed by atoms with van der Waals surface area (Å²) < 4.78 is 5.61. The molecule has 0 aliphatic heterocycles. The van der Waals surface area contributed by atoms with Crippen molar-refractivity contribution in [1.29, 1.82) is 0 Å². The minimum atomic E-state index is -0.765. The molecular weight excluding hydrogens is 280 g/mol. The molecule has 0 spiro atoms. The van der Waals surface area contributed by atoms with Gasteiger partial charge in [0, 0.05) is 12.7 Å². The molecule has 0 fully saturated rings. The van der Waals surface area contributed by atoms with Crippen molar-refractivity contribution < 1.29 is 14.6 Å². The lowest BCUT2D eigenvalue weighted by atomic mass is 10.1. The molecule has 1 aromatic carbocycles. The normalized spacial score (nSPS) is 13.4. The van der Waals surface area contributed by atoms with E-state index in [4.69, 9.17) is 4.74 Å². The number of ether oxygens (including phenoxy) is 1. The summed E-state index contributed by atoms with van der Waals surface area (Å²) in [7, 11) is 0. The van der Waals surface area contributed by atoms with Crippen LogP contribution in [0, 0.1) is 0 Å². The quantitative estimate of drug-likeness (QED) is 0.820. The second-order valence-electron chi connectivity index (χ2n) is 4.97. The molecule has 2 N–H and O–H groups in total. The van der Waals surface area contributed by atoms with E-state index < -0.39 is 6.10 Å². The molecule has 2 rings (SSSR count). The van der Waals surface area contributed by atoms with Gasteiger partial charge in [-0.05, 0) is 24.6 Å². The summed E-state index contributed by atoms with van der Waals surface area (Å²) in [6.45, 7) is 2.20. The highest BCUT2D eigenvalue weighted by atomic mass is 16.5. The molecule has 5 heteroatoms. The number of aliphatic hydroxyl groups excluding tert-OH is 1. The molecule has 116 valence electrons. The Morgan fingerprint density at radius 1 is 1.23 bits per heavy atom. The Balaban J connectivity index is 1.72. The minimum absolute atomic E-state index is 0.109. The van der Waals surface area contributed by atoms with E-state index in [1.165, 1.54) is 0 Å². The number of benzene rings is 1.